The zero-order chi connectivity index (χ0) is 19.2. The van der Waals surface area contributed by atoms with Crippen LogP contribution in [0.5, 0.6) is 0 Å². The van der Waals surface area contributed by atoms with Gasteiger partial charge in [0.15, 0.2) is 5.96 Å². The van der Waals surface area contributed by atoms with Gasteiger partial charge in [0.2, 0.25) is 0 Å². The first-order chi connectivity index (χ1) is 13.1. The van der Waals surface area contributed by atoms with Crippen molar-refractivity contribution in [1.82, 2.24) is 15.6 Å². The van der Waals surface area contributed by atoms with E-state index in [0.717, 1.165) is 31.4 Å². The minimum atomic E-state index is -0.556. The molecule has 1 aliphatic heterocycles. The number of aliphatic imine (C=N–C) groups is 1. The van der Waals surface area contributed by atoms with E-state index in [1.54, 1.807) is 13.2 Å². The van der Waals surface area contributed by atoms with Crippen LogP contribution in [0.2, 0.25) is 0 Å². The Morgan fingerprint density at radius 2 is 2.14 bits per heavy atom. The summed E-state index contributed by atoms with van der Waals surface area (Å²) in [6.45, 7) is 4.17. The Labute approximate surface area is 181 Å². The molecule has 152 valence electrons. The van der Waals surface area contributed by atoms with E-state index in [0.29, 0.717) is 18.8 Å². The van der Waals surface area contributed by atoms with Crippen molar-refractivity contribution in [1.29, 1.82) is 0 Å². The lowest BCUT2D eigenvalue weighted by Crippen LogP contribution is -2.45. The van der Waals surface area contributed by atoms with Crippen molar-refractivity contribution in [2.45, 2.75) is 25.8 Å². The van der Waals surface area contributed by atoms with Gasteiger partial charge in [-0.05, 0) is 49.1 Å². The van der Waals surface area contributed by atoms with E-state index in [1.807, 2.05) is 17.2 Å². The summed E-state index contributed by atoms with van der Waals surface area (Å²) in [5.74, 6) is -0.349. The number of anilines is 1. The predicted octanol–water partition coefficient (Wildman–Crippen LogP) is 3.27. The number of hydrogen-bond acceptors (Lipinski definition) is 3. The highest BCUT2D eigenvalue weighted by molar-refractivity contribution is 14.0. The summed E-state index contributed by atoms with van der Waals surface area (Å²) in [6, 6.07) is 5.90. The number of nitrogens with one attached hydrogen (secondary N) is 2. The molecule has 2 N–H and O–H groups in total. The number of rotatable bonds is 5. The monoisotopic (exact) mass is 501 g/mol. The molecule has 0 aliphatic carbocycles. The van der Waals surface area contributed by atoms with Crippen molar-refractivity contribution in [2.75, 3.05) is 31.6 Å². The Kier molecular flexibility index (Phi) is 8.40. The molecule has 1 aliphatic rings. The molecule has 0 bridgehead atoms. The summed E-state index contributed by atoms with van der Waals surface area (Å²) in [6.07, 6.45) is 5.41. The molecule has 28 heavy (non-hydrogen) atoms. The van der Waals surface area contributed by atoms with Gasteiger partial charge in [-0.2, -0.15) is 0 Å². The van der Waals surface area contributed by atoms with Crippen molar-refractivity contribution in [2.24, 2.45) is 4.99 Å². The van der Waals surface area contributed by atoms with E-state index in [1.165, 1.54) is 23.3 Å². The highest BCUT2D eigenvalue weighted by Gasteiger charge is 2.25. The lowest BCUT2D eigenvalue weighted by Gasteiger charge is -2.21. The molecule has 1 unspecified atom stereocenters. The summed E-state index contributed by atoms with van der Waals surface area (Å²) >= 11 is 0. The fourth-order valence-electron chi connectivity index (χ4n) is 3.32. The maximum absolute atomic E-state index is 14.0. The highest BCUT2D eigenvalue weighted by atomic mass is 127. The SMILES string of the molecule is CN=C(NCCc1ccncc1C)NC1CCN(c2ccc(F)cc2F)C1.I. The van der Waals surface area contributed by atoms with Crippen LogP contribution in [-0.2, 0) is 6.42 Å². The fourth-order valence-corrected chi connectivity index (χ4v) is 3.32. The number of nitrogens with zero attached hydrogens (tertiary/aromatic N) is 3. The van der Waals surface area contributed by atoms with Crippen LogP contribution in [0.25, 0.3) is 0 Å². The first-order valence-corrected chi connectivity index (χ1v) is 9.13. The first-order valence-electron chi connectivity index (χ1n) is 9.13. The average Bonchev–Trinajstić information content (AvgIpc) is 3.10. The molecule has 1 fully saturated rings. The van der Waals surface area contributed by atoms with E-state index in [4.69, 9.17) is 0 Å². The van der Waals surface area contributed by atoms with Crippen LogP contribution in [0.15, 0.2) is 41.7 Å². The van der Waals surface area contributed by atoms with Crippen LogP contribution >= 0.6 is 24.0 Å². The smallest absolute Gasteiger partial charge is 0.191 e. The van der Waals surface area contributed by atoms with Crippen LogP contribution in [0.4, 0.5) is 14.5 Å². The Morgan fingerprint density at radius 3 is 2.86 bits per heavy atom. The van der Waals surface area contributed by atoms with Gasteiger partial charge >= 0.3 is 0 Å². The number of pyridine rings is 1. The number of guanidine groups is 1. The third kappa shape index (κ3) is 5.76. The van der Waals surface area contributed by atoms with Gasteiger partial charge in [0.1, 0.15) is 11.6 Å². The van der Waals surface area contributed by atoms with Gasteiger partial charge < -0.3 is 15.5 Å². The largest absolute Gasteiger partial charge is 0.367 e. The van der Waals surface area contributed by atoms with Crippen LogP contribution in [0.1, 0.15) is 17.5 Å². The average molecular weight is 501 g/mol. The number of hydrogen-bond donors (Lipinski definition) is 2. The van der Waals surface area contributed by atoms with Crippen LogP contribution < -0.4 is 15.5 Å². The lowest BCUT2D eigenvalue weighted by atomic mass is 10.1. The van der Waals surface area contributed by atoms with Crippen molar-refractivity contribution in [3.05, 3.63) is 59.4 Å². The van der Waals surface area contributed by atoms with Crippen molar-refractivity contribution in [3.63, 3.8) is 0 Å². The maximum atomic E-state index is 14.0. The van der Waals surface area contributed by atoms with Gasteiger partial charge in [0.25, 0.3) is 0 Å². The molecular formula is C20H26F2IN5. The second kappa shape index (κ2) is 10.5. The summed E-state index contributed by atoms with van der Waals surface area (Å²) in [5, 5.41) is 6.71. The molecule has 2 aromatic rings. The number of aromatic nitrogens is 1. The molecule has 0 spiro atoms. The Balaban J connectivity index is 0.00000280. The first kappa shape index (κ1) is 22.3. The van der Waals surface area contributed by atoms with Crippen LogP contribution in [0.3, 0.4) is 0 Å². The normalized spacial score (nSPS) is 16.6. The summed E-state index contributed by atoms with van der Waals surface area (Å²) < 4.78 is 27.1. The minimum Gasteiger partial charge on any atom is -0.367 e. The quantitative estimate of drug-likeness (QED) is 0.375. The molecular weight excluding hydrogens is 475 g/mol. The molecule has 1 aromatic carbocycles. The molecule has 1 aromatic heterocycles. The lowest BCUT2D eigenvalue weighted by molar-refractivity contribution is 0.580. The Bertz CT molecular complexity index is 815. The summed E-state index contributed by atoms with van der Waals surface area (Å²) in [5.41, 5.74) is 2.87. The fraction of sp³-hybridized carbons (Fsp3) is 0.400. The van der Waals surface area contributed by atoms with Gasteiger partial charge in [-0.25, -0.2) is 8.78 Å². The highest BCUT2D eigenvalue weighted by Crippen LogP contribution is 2.24. The summed E-state index contributed by atoms with van der Waals surface area (Å²) in [4.78, 5) is 10.3. The zero-order valence-electron chi connectivity index (χ0n) is 16.1. The Hall–Kier alpha value is -1.97. The van der Waals surface area contributed by atoms with E-state index >= 15 is 0 Å². The van der Waals surface area contributed by atoms with E-state index in [2.05, 4.69) is 27.5 Å². The zero-order valence-corrected chi connectivity index (χ0v) is 18.4. The molecule has 1 atom stereocenters. The molecule has 0 amide bonds. The predicted molar refractivity (Wildman–Crippen MR) is 120 cm³/mol. The third-order valence-electron chi connectivity index (χ3n) is 4.83. The van der Waals surface area contributed by atoms with Gasteiger partial charge in [-0.15, -0.1) is 24.0 Å². The van der Waals surface area contributed by atoms with Crippen molar-refractivity contribution < 1.29 is 8.78 Å². The van der Waals surface area contributed by atoms with E-state index in [9.17, 15) is 8.78 Å². The van der Waals surface area contributed by atoms with Crippen molar-refractivity contribution in [3.8, 4) is 0 Å². The van der Waals surface area contributed by atoms with Crippen LogP contribution in [-0.4, -0.2) is 43.7 Å². The maximum Gasteiger partial charge on any atom is 0.191 e. The molecule has 1 saturated heterocycles. The van der Waals surface area contributed by atoms with E-state index < -0.39 is 11.6 Å². The van der Waals surface area contributed by atoms with Gasteiger partial charge in [-0.3, -0.25) is 9.98 Å². The molecule has 8 heteroatoms. The van der Waals surface area contributed by atoms with Gasteiger partial charge in [-0.1, -0.05) is 0 Å². The second-order valence-corrected chi connectivity index (χ2v) is 6.72. The van der Waals surface area contributed by atoms with Crippen molar-refractivity contribution >= 4 is 35.6 Å². The number of benzene rings is 1. The molecule has 0 saturated carbocycles. The standard InChI is InChI=1S/C20H25F2N5.HI/c1-14-12-24-8-5-15(14)6-9-25-20(23-2)26-17-7-10-27(13-17)19-4-3-16(21)11-18(19)22;/h3-5,8,11-12,17H,6-7,9-10,13H2,1-2H3,(H2,23,25,26);1H. The number of aryl methyl sites for hydroxylation is 1. The van der Waals surface area contributed by atoms with Gasteiger partial charge in [0.05, 0.1) is 5.69 Å². The summed E-state index contributed by atoms with van der Waals surface area (Å²) in [7, 11) is 1.74. The van der Waals surface area contributed by atoms with E-state index in [-0.39, 0.29) is 30.0 Å². The topological polar surface area (TPSA) is 52.6 Å². The second-order valence-electron chi connectivity index (χ2n) is 6.72. The molecule has 5 nitrogen and oxygen atoms in total. The molecule has 2 heterocycles. The van der Waals surface area contributed by atoms with Crippen LogP contribution in [0, 0.1) is 18.6 Å². The number of halogens is 3. The Morgan fingerprint density at radius 1 is 1.32 bits per heavy atom. The minimum absolute atomic E-state index is 0. The van der Waals surface area contributed by atoms with Gasteiger partial charge in [0, 0.05) is 51.2 Å². The third-order valence-corrected chi connectivity index (χ3v) is 4.83. The molecule has 3 rings (SSSR count). The molecule has 0 radical (unpaired) electrons.